The Morgan fingerprint density at radius 3 is 2.20 bits per heavy atom. The monoisotopic (exact) mass is 458 g/mol. The highest BCUT2D eigenvalue weighted by molar-refractivity contribution is 8.00. The summed E-state index contributed by atoms with van der Waals surface area (Å²) in [5.74, 6) is -0.213. The van der Waals surface area contributed by atoms with E-state index in [1.54, 1.807) is 18.2 Å². The molecule has 0 fully saturated rings. The average molecular weight is 459 g/mol. The molecule has 0 spiro atoms. The number of hydrogen-bond donors (Lipinski definition) is 2. The second kappa shape index (κ2) is 10.5. The van der Waals surface area contributed by atoms with E-state index in [1.807, 2.05) is 61.5 Å². The van der Waals surface area contributed by atoms with Gasteiger partial charge in [0.2, 0.25) is 11.8 Å². The fourth-order valence-corrected chi connectivity index (χ4v) is 3.84. The number of benzene rings is 3. The van der Waals surface area contributed by atoms with Crippen LogP contribution in [0, 0.1) is 0 Å². The molecular formula is C23H20Cl2N2O2S. The third-order valence-corrected chi connectivity index (χ3v) is 6.07. The quantitative estimate of drug-likeness (QED) is 0.408. The first-order valence-electron chi connectivity index (χ1n) is 9.27. The molecule has 0 heterocycles. The van der Waals surface area contributed by atoms with Gasteiger partial charge < -0.3 is 10.6 Å². The van der Waals surface area contributed by atoms with E-state index in [1.165, 1.54) is 11.8 Å². The molecule has 7 heteroatoms. The summed E-state index contributed by atoms with van der Waals surface area (Å²) in [5, 5.41) is 6.22. The molecule has 0 saturated carbocycles. The molecule has 0 aromatic heterocycles. The zero-order chi connectivity index (χ0) is 21.5. The first kappa shape index (κ1) is 22.2. The molecule has 0 saturated heterocycles. The van der Waals surface area contributed by atoms with Crippen molar-refractivity contribution >= 4 is 58.2 Å². The number of carbonyl (C=O) groups excluding carboxylic acids is 2. The highest BCUT2D eigenvalue weighted by atomic mass is 35.5. The number of amides is 2. The van der Waals surface area contributed by atoms with Gasteiger partial charge in [-0.2, -0.15) is 0 Å². The van der Waals surface area contributed by atoms with Crippen LogP contribution >= 0.6 is 35.0 Å². The molecule has 3 aromatic carbocycles. The van der Waals surface area contributed by atoms with Crippen molar-refractivity contribution in [2.75, 3.05) is 10.6 Å². The van der Waals surface area contributed by atoms with Crippen molar-refractivity contribution in [2.24, 2.45) is 0 Å². The molecule has 4 nitrogen and oxygen atoms in total. The Hall–Kier alpha value is -2.47. The summed E-state index contributed by atoms with van der Waals surface area (Å²) in [4.78, 5) is 25.5. The molecule has 30 heavy (non-hydrogen) atoms. The summed E-state index contributed by atoms with van der Waals surface area (Å²) >= 11 is 13.3. The van der Waals surface area contributed by atoms with E-state index in [2.05, 4.69) is 10.6 Å². The molecule has 1 unspecified atom stereocenters. The summed E-state index contributed by atoms with van der Waals surface area (Å²) in [6, 6.07) is 22.0. The van der Waals surface area contributed by atoms with Gasteiger partial charge in [-0.1, -0.05) is 53.5 Å². The number of hydrogen-bond acceptors (Lipinski definition) is 3. The standard InChI is InChI=1S/C23H20Cl2N2O2S/c1-15(23(29)27-18-9-12-20(24)21(25)14-18)30-19-10-7-17(8-11-19)26-22(28)13-16-5-3-2-4-6-16/h2-12,14-15H,13H2,1H3,(H,26,28)(H,27,29). The van der Waals surface area contributed by atoms with E-state index in [4.69, 9.17) is 23.2 Å². The van der Waals surface area contributed by atoms with Crippen LogP contribution in [-0.4, -0.2) is 17.1 Å². The van der Waals surface area contributed by atoms with Crippen LogP contribution in [0.15, 0.2) is 77.7 Å². The average Bonchev–Trinajstić information content (AvgIpc) is 2.73. The van der Waals surface area contributed by atoms with Gasteiger partial charge in [-0.15, -0.1) is 11.8 Å². The fraction of sp³-hybridized carbons (Fsp3) is 0.130. The highest BCUT2D eigenvalue weighted by Gasteiger charge is 2.15. The first-order valence-corrected chi connectivity index (χ1v) is 10.9. The zero-order valence-electron chi connectivity index (χ0n) is 16.2. The largest absolute Gasteiger partial charge is 0.326 e. The van der Waals surface area contributed by atoms with Crippen LogP contribution in [-0.2, 0) is 16.0 Å². The van der Waals surface area contributed by atoms with Crippen molar-refractivity contribution in [3.63, 3.8) is 0 Å². The molecule has 0 radical (unpaired) electrons. The highest BCUT2D eigenvalue weighted by Crippen LogP contribution is 2.28. The fourth-order valence-electron chi connectivity index (χ4n) is 2.68. The summed E-state index contributed by atoms with van der Waals surface area (Å²) in [6.45, 7) is 1.83. The first-order chi connectivity index (χ1) is 14.4. The summed E-state index contributed by atoms with van der Waals surface area (Å²) < 4.78 is 0. The van der Waals surface area contributed by atoms with Gasteiger partial charge in [0.05, 0.1) is 21.7 Å². The lowest BCUT2D eigenvalue weighted by Gasteiger charge is -2.13. The number of anilines is 2. The Balaban J connectivity index is 1.52. The van der Waals surface area contributed by atoms with E-state index >= 15 is 0 Å². The van der Waals surface area contributed by atoms with Crippen molar-refractivity contribution in [3.05, 3.63) is 88.4 Å². The van der Waals surface area contributed by atoms with Gasteiger partial charge in [0.25, 0.3) is 0 Å². The van der Waals surface area contributed by atoms with E-state index in [0.29, 0.717) is 27.8 Å². The molecule has 154 valence electrons. The van der Waals surface area contributed by atoms with Gasteiger partial charge in [-0.25, -0.2) is 0 Å². The van der Waals surface area contributed by atoms with Gasteiger partial charge >= 0.3 is 0 Å². The lowest BCUT2D eigenvalue weighted by molar-refractivity contribution is -0.116. The van der Waals surface area contributed by atoms with Crippen LogP contribution in [0.2, 0.25) is 10.0 Å². The van der Waals surface area contributed by atoms with Gasteiger partial charge in [-0.05, 0) is 55.0 Å². The SMILES string of the molecule is CC(Sc1ccc(NC(=O)Cc2ccccc2)cc1)C(=O)Nc1ccc(Cl)c(Cl)c1. The lowest BCUT2D eigenvalue weighted by atomic mass is 10.1. The summed E-state index contributed by atoms with van der Waals surface area (Å²) in [6.07, 6.45) is 0.323. The van der Waals surface area contributed by atoms with Crippen LogP contribution in [0.3, 0.4) is 0 Å². The smallest absolute Gasteiger partial charge is 0.237 e. The molecule has 0 aliphatic rings. The maximum Gasteiger partial charge on any atom is 0.237 e. The topological polar surface area (TPSA) is 58.2 Å². The molecule has 0 aliphatic heterocycles. The Bertz CT molecular complexity index is 1030. The minimum absolute atomic E-state index is 0.0732. The second-order valence-electron chi connectivity index (χ2n) is 6.61. The number of thioether (sulfide) groups is 1. The predicted octanol–water partition coefficient (Wildman–Crippen LogP) is 6.29. The maximum atomic E-state index is 12.4. The number of rotatable bonds is 7. The van der Waals surface area contributed by atoms with Gasteiger partial charge in [0.1, 0.15) is 0 Å². The van der Waals surface area contributed by atoms with Crippen molar-refractivity contribution in [1.29, 1.82) is 0 Å². The molecular weight excluding hydrogens is 439 g/mol. The molecule has 3 rings (SSSR count). The minimum Gasteiger partial charge on any atom is -0.326 e. The predicted molar refractivity (Wildman–Crippen MR) is 126 cm³/mol. The minimum atomic E-state index is -0.321. The Kier molecular flexibility index (Phi) is 7.80. The van der Waals surface area contributed by atoms with Crippen molar-refractivity contribution in [2.45, 2.75) is 23.5 Å². The van der Waals surface area contributed by atoms with E-state index < -0.39 is 0 Å². The number of nitrogens with one attached hydrogen (secondary N) is 2. The molecule has 2 N–H and O–H groups in total. The van der Waals surface area contributed by atoms with E-state index in [0.717, 1.165) is 10.5 Å². The van der Waals surface area contributed by atoms with Crippen molar-refractivity contribution < 1.29 is 9.59 Å². The van der Waals surface area contributed by atoms with Crippen LogP contribution < -0.4 is 10.6 Å². The zero-order valence-corrected chi connectivity index (χ0v) is 18.5. The van der Waals surface area contributed by atoms with Gasteiger partial charge in [-0.3, -0.25) is 9.59 Å². The van der Waals surface area contributed by atoms with Crippen LogP contribution in [0.25, 0.3) is 0 Å². The van der Waals surface area contributed by atoms with Crippen molar-refractivity contribution in [1.82, 2.24) is 0 Å². The molecule has 0 bridgehead atoms. The lowest BCUT2D eigenvalue weighted by Crippen LogP contribution is -2.22. The van der Waals surface area contributed by atoms with Crippen LogP contribution in [0.4, 0.5) is 11.4 Å². The Morgan fingerprint density at radius 2 is 1.53 bits per heavy atom. The van der Waals surface area contributed by atoms with E-state index in [9.17, 15) is 9.59 Å². The molecule has 0 aliphatic carbocycles. The Labute approximate surface area is 190 Å². The van der Waals surface area contributed by atoms with Gasteiger partial charge in [0.15, 0.2) is 0 Å². The molecule has 3 aromatic rings. The van der Waals surface area contributed by atoms with Crippen LogP contribution in [0.5, 0.6) is 0 Å². The third kappa shape index (κ3) is 6.52. The summed E-state index contributed by atoms with van der Waals surface area (Å²) in [7, 11) is 0. The van der Waals surface area contributed by atoms with Crippen molar-refractivity contribution in [3.8, 4) is 0 Å². The van der Waals surface area contributed by atoms with Gasteiger partial charge in [0, 0.05) is 16.3 Å². The molecule has 2 amide bonds. The maximum absolute atomic E-state index is 12.4. The third-order valence-electron chi connectivity index (χ3n) is 4.21. The molecule has 1 atom stereocenters. The van der Waals surface area contributed by atoms with E-state index in [-0.39, 0.29) is 17.1 Å². The Morgan fingerprint density at radius 1 is 0.867 bits per heavy atom. The number of halogens is 2. The summed E-state index contributed by atoms with van der Waals surface area (Å²) in [5.41, 5.74) is 2.27. The normalized spacial score (nSPS) is 11.6. The van der Waals surface area contributed by atoms with Crippen LogP contribution in [0.1, 0.15) is 12.5 Å². The number of carbonyl (C=O) groups is 2. The second-order valence-corrected chi connectivity index (χ2v) is 8.84.